The third kappa shape index (κ3) is 3.84. The molecule has 0 unspecified atom stereocenters. The summed E-state index contributed by atoms with van der Waals surface area (Å²) in [5.41, 5.74) is 4.59. The van der Waals surface area contributed by atoms with Gasteiger partial charge in [0.05, 0.1) is 18.4 Å². The number of aryl methyl sites for hydroxylation is 2. The summed E-state index contributed by atoms with van der Waals surface area (Å²) in [6, 6.07) is 15.4. The molecule has 0 saturated heterocycles. The fraction of sp³-hybridized carbons (Fsp3) is 0.174. The molecule has 0 aliphatic carbocycles. The summed E-state index contributed by atoms with van der Waals surface area (Å²) >= 11 is 1.48. The maximum Gasteiger partial charge on any atom is 0.260 e. The summed E-state index contributed by atoms with van der Waals surface area (Å²) in [4.78, 5) is 24.1. The van der Waals surface area contributed by atoms with Gasteiger partial charge in [-0.3, -0.25) is 14.7 Å². The zero-order valence-corrected chi connectivity index (χ0v) is 17.4. The molecule has 4 rings (SSSR count). The molecule has 2 heterocycles. The molecule has 0 bridgehead atoms. The SMILES string of the molecule is COc1cccc2sc(N(Cc3cccnc3)C(=O)c3ccc(C)c(C)c3)nc12. The van der Waals surface area contributed by atoms with Crippen LogP contribution < -0.4 is 9.64 Å². The Kier molecular flexibility index (Phi) is 5.27. The number of methoxy groups -OCH3 is 1. The van der Waals surface area contributed by atoms with Crippen LogP contribution in [0.3, 0.4) is 0 Å². The molecule has 0 radical (unpaired) electrons. The molecule has 0 aliphatic heterocycles. The molecule has 2 aromatic heterocycles. The minimum atomic E-state index is -0.0880. The average molecular weight is 404 g/mol. The van der Waals surface area contributed by atoms with Gasteiger partial charge < -0.3 is 4.74 Å². The maximum absolute atomic E-state index is 13.5. The second kappa shape index (κ2) is 8.01. The highest BCUT2D eigenvalue weighted by molar-refractivity contribution is 7.22. The van der Waals surface area contributed by atoms with Crippen molar-refractivity contribution in [1.29, 1.82) is 0 Å². The first-order valence-electron chi connectivity index (χ1n) is 9.28. The fourth-order valence-electron chi connectivity index (χ4n) is 3.12. The number of benzene rings is 2. The van der Waals surface area contributed by atoms with Gasteiger partial charge in [0, 0.05) is 18.0 Å². The molecule has 2 aromatic carbocycles. The Morgan fingerprint density at radius 1 is 1.10 bits per heavy atom. The molecule has 4 aromatic rings. The number of rotatable bonds is 5. The first-order valence-corrected chi connectivity index (χ1v) is 10.1. The van der Waals surface area contributed by atoms with E-state index in [2.05, 4.69) is 4.98 Å². The number of aromatic nitrogens is 2. The van der Waals surface area contributed by atoms with E-state index in [1.54, 1.807) is 24.4 Å². The molecule has 29 heavy (non-hydrogen) atoms. The minimum Gasteiger partial charge on any atom is -0.494 e. The van der Waals surface area contributed by atoms with E-state index in [0.29, 0.717) is 23.0 Å². The van der Waals surface area contributed by atoms with Gasteiger partial charge in [0.2, 0.25) is 0 Å². The van der Waals surface area contributed by atoms with Crippen LogP contribution >= 0.6 is 11.3 Å². The predicted molar refractivity (Wildman–Crippen MR) is 117 cm³/mol. The van der Waals surface area contributed by atoms with E-state index in [-0.39, 0.29) is 5.91 Å². The number of fused-ring (bicyclic) bond motifs is 1. The van der Waals surface area contributed by atoms with Crippen LogP contribution in [0.25, 0.3) is 10.2 Å². The second-order valence-corrected chi connectivity index (χ2v) is 7.86. The van der Waals surface area contributed by atoms with Crippen molar-refractivity contribution in [2.75, 3.05) is 12.0 Å². The molecule has 6 heteroatoms. The smallest absolute Gasteiger partial charge is 0.260 e. The van der Waals surface area contributed by atoms with Gasteiger partial charge in [-0.2, -0.15) is 0 Å². The van der Waals surface area contributed by atoms with Crippen molar-refractivity contribution in [3.63, 3.8) is 0 Å². The van der Waals surface area contributed by atoms with E-state index < -0.39 is 0 Å². The molecule has 0 spiro atoms. The predicted octanol–water partition coefficient (Wildman–Crippen LogP) is 5.16. The van der Waals surface area contributed by atoms with Gasteiger partial charge in [0.15, 0.2) is 5.13 Å². The first-order chi connectivity index (χ1) is 14.1. The summed E-state index contributed by atoms with van der Waals surface area (Å²) in [6.07, 6.45) is 3.50. The van der Waals surface area contributed by atoms with Crippen molar-refractivity contribution < 1.29 is 9.53 Å². The lowest BCUT2D eigenvalue weighted by molar-refractivity contribution is 0.0985. The number of amides is 1. The number of nitrogens with zero attached hydrogens (tertiary/aromatic N) is 3. The molecular formula is C23H21N3O2S. The Balaban J connectivity index is 1.80. The lowest BCUT2D eigenvalue weighted by Gasteiger charge is -2.20. The quantitative estimate of drug-likeness (QED) is 0.462. The van der Waals surface area contributed by atoms with E-state index >= 15 is 0 Å². The summed E-state index contributed by atoms with van der Waals surface area (Å²) in [6.45, 7) is 4.44. The van der Waals surface area contributed by atoms with Crippen molar-refractivity contribution in [3.8, 4) is 5.75 Å². The number of carbonyl (C=O) groups excluding carboxylic acids is 1. The Bertz CT molecular complexity index is 1170. The van der Waals surface area contributed by atoms with Crippen molar-refractivity contribution in [3.05, 3.63) is 83.2 Å². The highest BCUT2D eigenvalue weighted by Gasteiger charge is 2.23. The largest absolute Gasteiger partial charge is 0.494 e. The van der Waals surface area contributed by atoms with E-state index in [1.165, 1.54) is 11.3 Å². The summed E-state index contributed by atoms with van der Waals surface area (Å²) < 4.78 is 6.42. The van der Waals surface area contributed by atoms with E-state index in [4.69, 9.17) is 9.72 Å². The number of anilines is 1. The van der Waals surface area contributed by atoms with Crippen molar-refractivity contribution in [2.24, 2.45) is 0 Å². The number of hydrogen-bond acceptors (Lipinski definition) is 5. The second-order valence-electron chi connectivity index (χ2n) is 6.86. The zero-order valence-electron chi connectivity index (χ0n) is 16.5. The summed E-state index contributed by atoms with van der Waals surface area (Å²) in [5.74, 6) is 0.611. The third-order valence-electron chi connectivity index (χ3n) is 4.88. The Hall–Kier alpha value is -3.25. The molecule has 0 N–H and O–H groups in total. The van der Waals surface area contributed by atoms with Crippen LogP contribution in [0.4, 0.5) is 5.13 Å². The topological polar surface area (TPSA) is 55.3 Å². The molecule has 1 amide bonds. The number of ether oxygens (including phenoxy) is 1. The van der Waals surface area contributed by atoms with Crippen LogP contribution in [0, 0.1) is 13.8 Å². The van der Waals surface area contributed by atoms with Crippen LogP contribution in [-0.4, -0.2) is 23.0 Å². The molecule has 0 saturated carbocycles. The molecular weight excluding hydrogens is 382 g/mol. The van der Waals surface area contributed by atoms with Crippen LogP contribution in [0.5, 0.6) is 5.75 Å². The van der Waals surface area contributed by atoms with Gasteiger partial charge in [-0.1, -0.05) is 29.5 Å². The van der Waals surface area contributed by atoms with Crippen LogP contribution in [-0.2, 0) is 6.54 Å². The lowest BCUT2D eigenvalue weighted by Crippen LogP contribution is -2.30. The number of carbonyl (C=O) groups is 1. The Morgan fingerprint density at radius 2 is 1.97 bits per heavy atom. The zero-order chi connectivity index (χ0) is 20.4. The van der Waals surface area contributed by atoms with Crippen LogP contribution in [0.2, 0.25) is 0 Å². The van der Waals surface area contributed by atoms with Crippen molar-refractivity contribution in [2.45, 2.75) is 20.4 Å². The number of hydrogen-bond donors (Lipinski definition) is 0. The molecule has 0 aliphatic rings. The summed E-state index contributed by atoms with van der Waals surface area (Å²) in [7, 11) is 1.63. The lowest BCUT2D eigenvalue weighted by atomic mass is 10.1. The molecule has 0 atom stereocenters. The molecule has 146 valence electrons. The Labute approximate surface area is 173 Å². The third-order valence-corrected chi connectivity index (χ3v) is 5.93. The maximum atomic E-state index is 13.5. The number of pyridine rings is 1. The van der Waals surface area contributed by atoms with Gasteiger partial charge in [0.25, 0.3) is 5.91 Å². The van der Waals surface area contributed by atoms with Gasteiger partial charge >= 0.3 is 0 Å². The van der Waals surface area contributed by atoms with Crippen molar-refractivity contribution in [1.82, 2.24) is 9.97 Å². The highest BCUT2D eigenvalue weighted by atomic mass is 32.1. The van der Waals surface area contributed by atoms with E-state index in [0.717, 1.165) is 26.9 Å². The standard InChI is InChI=1S/C23H21N3O2S/c1-15-9-10-18(12-16(15)2)22(27)26(14-17-6-5-11-24-13-17)23-25-21-19(28-3)7-4-8-20(21)29-23/h4-13H,14H2,1-3H3. The molecule has 5 nitrogen and oxygen atoms in total. The van der Waals surface area contributed by atoms with Gasteiger partial charge in [-0.15, -0.1) is 0 Å². The summed E-state index contributed by atoms with van der Waals surface area (Å²) in [5, 5.41) is 0.636. The van der Waals surface area contributed by atoms with Crippen LogP contribution in [0.15, 0.2) is 60.9 Å². The normalized spacial score (nSPS) is 10.9. The molecule has 0 fully saturated rings. The first kappa shape index (κ1) is 19.1. The Morgan fingerprint density at radius 3 is 2.69 bits per heavy atom. The number of para-hydroxylation sites is 1. The monoisotopic (exact) mass is 403 g/mol. The van der Waals surface area contributed by atoms with Crippen molar-refractivity contribution >= 4 is 32.6 Å². The minimum absolute atomic E-state index is 0.0880. The van der Waals surface area contributed by atoms with Gasteiger partial charge in [-0.25, -0.2) is 4.98 Å². The van der Waals surface area contributed by atoms with Gasteiger partial charge in [-0.05, 0) is 60.9 Å². The van der Waals surface area contributed by atoms with Crippen LogP contribution in [0.1, 0.15) is 27.0 Å². The van der Waals surface area contributed by atoms with Gasteiger partial charge in [0.1, 0.15) is 11.3 Å². The number of thiazole rings is 1. The highest BCUT2D eigenvalue weighted by Crippen LogP contribution is 2.35. The van der Waals surface area contributed by atoms with E-state index in [1.807, 2.05) is 62.4 Å². The van der Waals surface area contributed by atoms with E-state index in [9.17, 15) is 4.79 Å². The average Bonchev–Trinajstić information content (AvgIpc) is 3.18. The fourth-order valence-corrected chi connectivity index (χ4v) is 4.10.